The maximum atomic E-state index is 11.0. The topological polar surface area (TPSA) is 55.1 Å². The van der Waals surface area contributed by atoms with Gasteiger partial charge in [-0.1, -0.05) is 0 Å². The van der Waals surface area contributed by atoms with Crippen molar-refractivity contribution in [3.63, 3.8) is 0 Å². The van der Waals surface area contributed by atoms with E-state index in [4.69, 9.17) is 5.73 Å². The predicted molar refractivity (Wildman–Crippen MR) is 55.0 cm³/mol. The number of anilines is 2. The van der Waals surface area contributed by atoms with Gasteiger partial charge in [0.1, 0.15) is 0 Å². The number of nitrogens with one attached hydrogen (secondary N) is 1. The number of nitrogens with two attached hydrogens (primary N) is 1. The minimum Gasteiger partial charge on any atom is -0.397 e. The Bertz CT molecular complexity index is 321. The first-order chi connectivity index (χ1) is 6.15. The van der Waals surface area contributed by atoms with Gasteiger partial charge in [-0.15, -0.1) is 0 Å². The highest BCUT2D eigenvalue weighted by molar-refractivity contribution is 5.95. The predicted octanol–water partition coefficient (Wildman–Crippen LogP) is 1.90. The van der Waals surface area contributed by atoms with E-state index < -0.39 is 0 Å². The first-order valence-electron chi connectivity index (χ1n) is 4.29. The number of hydrogen-bond donors (Lipinski definition) is 2. The molecule has 0 saturated carbocycles. The van der Waals surface area contributed by atoms with Gasteiger partial charge in [0.2, 0.25) is 0 Å². The molecule has 0 unspecified atom stereocenters. The molecule has 0 heterocycles. The molecule has 1 aromatic carbocycles. The molecule has 0 aliphatic carbocycles. The van der Waals surface area contributed by atoms with E-state index in [-0.39, 0.29) is 5.78 Å². The fourth-order valence-electron chi connectivity index (χ4n) is 1.13. The molecule has 0 radical (unpaired) electrons. The lowest BCUT2D eigenvalue weighted by Gasteiger charge is -2.07. The number of benzene rings is 1. The van der Waals surface area contributed by atoms with E-state index in [1.165, 1.54) is 6.92 Å². The maximum Gasteiger partial charge on any atom is 0.159 e. The summed E-state index contributed by atoms with van der Waals surface area (Å²) in [5.74, 6) is 0.0368. The summed E-state index contributed by atoms with van der Waals surface area (Å²) in [6, 6.07) is 5.30. The van der Waals surface area contributed by atoms with Gasteiger partial charge in [0.05, 0.1) is 11.4 Å². The van der Waals surface area contributed by atoms with Crippen LogP contribution in [-0.2, 0) is 0 Å². The van der Waals surface area contributed by atoms with Crippen LogP contribution in [0.25, 0.3) is 0 Å². The summed E-state index contributed by atoms with van der Waals surface area (Å²) in [6.45, 7) is 4.35. The number of carbonyl (C=O) groups excluding carboxylic acids is 1. The van der Waals surface area contributed by atoms with E-state index in [9.17, 15) is 4.79 Å². The molecular weight excluding hydrogens is 164 g/mol. The summed E-state index contributed by atoms with van der Waals surface area (Å²) in [6.07, 6.45) is 0. The van der Waals surface area contributed by atoms with E-state index in [0.29, 0.717) is 11.3 Å². The molecular formula is C10H14N2O. The molecule has 3 nitrogen and oxygen atoms in total. The van der Waals surface area contributed by atoms with Crippen molar-refractivity contribution in [2.24, 2.45) is 0 Å². The molecule has 1 aromatic rings. The molecule has 0 aliphatic rings. The number of ketones is 1. The molecule has 0 fully saturated rings. The highest BCUT2D eigenvalue weighted by atomic mass is 16.1. The zero-order valence-electron chi connectivity index (χ0n) is 7.92. The molecule has 3 heteroatoms. The van der Waals surface area contributed by atoms with Gasteiger partial charge in [0, 0.05) is 12.1 Å². The molecule has 1 rings (SSSR count). The molecule has 0 saturated heterocycles. The zero-order valence-corrected chi connectivity index (χ0v) is 7.92. The van der Waals surface area contributed by atoms with Crippen LogP contribution in [0.4, 0.5) is 11.4 Å². The van der Waals surface area contributed by atoms with Crippen LogP contribution in [0.2, 0.25) is 0 Å². The van der Waals surface area contributed by atoms with Crippen LogP contribution in [0.15, 0.2) is 18.2 Å². The van der Waals surface area contributed by atoms with Crippen molar-refractivity contribution in [3.8, 4) is 0 Å². The third-order valence-electron chi connectivity index (χ3n) is 1.83. The lowest BCUT2D eigenvalue weighted by Crippen LogP contribution is -2.02. The zero-order chi connectivity index (χ0) is 9.84. The second kappa shape index (κ2) is 3.94. The van der Waals surface area contributed by atoms with Crippen molar-refractivity contribution < 1.29 is 4.79 Å². The number of carbonyl (C=O) groups is 1. The normalized spacial score (nSPS) is 9.69. The number of nitrogen functional groups attached to an aromatic ring is 1. The van der Waals surface area contributed by atoms with E-state index in [1.807, 2.05) is 13.0 Å². The second-order valence-corrected chi connectivity index (χ2v) is 2.89. The highest BCUT2D eigenvalue weighted by Gasteiger charge is 2.02. The van der Waals surface area contributed by atoms with Gasteiger partial charge in [-0.05, 0) is 32.0 Å². The fourth-order valence-corrected chi connectivity index (χ4v) is 1.13. The molecule has 3 N–H and O–H groups in total. The van der Waals surface area contributed by atoms with Gasteiger partial charge in [0.15, 0.2) is 5.78 Å². The lowest BCUT2D eigenvalue weighted by molar-refractivity contribution is 0.101. The van der Waals surface area contributed by atoms with Gasteiger partial charge < -0.3 is 11.1 Å². The summed E-state index contributed by atoms with van der Waals surface area (Å²) in [4.78, 5) is 11.0. The van der Waals surface area contributed by atoms with Crippen LogP contribution >= 0.6 is 0 Å². The fraction of sp³-hybridized carbons (Fsp3) is 0.300. The average Bonchev–Trinajstić information content (AvgIpc) is 2.08. The Hall–Kier alpha value is -1.51. The highest BCUT2D eigenvalue weighted by Crippen LogP contribution is 2.19. The van der Waals surface area contributed by atoms with Crippen molar-refractivity contribution in [1.82, 2.24) is 0 Å². The van der Waals surface area contributed by atoms with Crippen LogP contribution in [0.5, 0.6) is 0 Å². The van der Waals surface area contributed by atoms with Crippen LogP contribution in [0.1, 0.15) is 24.2 Å². The smallest absolute Gasteiger partial charge is 0.159 e. The Morgan fingerprint density at radius 3 is 2.69 bits per heavy atom. The van der Waals surface area contributed by atoms with Crippen molar-refractivity contribution in [2.45, 2.75) is 13.8 Å². The van der Waals surface area contributed by atoms with Crippen LogP contribution in [-0.4, -0.2) is 12.3 Å². The number of hydrogen-bond acceptors (Lipinski definition) is 3. The molecule has 0 spiro atoms. The molecule has 0 aliphatic heterocycles. The molecule has 0 bridgehead atoms. The third kappa shape index (κ3) is 2.21. The first kappa shape index (κ1) is 9.58. The van der Waals surface area contributed by atoms with Gasteiger partial charge in [-0.25, -0.2) is 0 Å². The molecule has 0 amide bonds. The van der Waals surface area contributed by atoms with Gasteiger partial charge >= 0.3 is 0 Å². The standard InChI is InChI=1S/C10H14N2O/c1-3-12-10-5-4-8(7(2)13)6-9(10)11/h4-6,12H,3,11H2,1-2H3. The minimum atomic E-state index is 0.0368. The van der Waals surface area contributed by atoms with E-state index in [0.717, 1.165) is 12.2 Å². The van der Waals surface area contributed by atoms with Gasteiger partial charge in [0.25, 0.3) is 0 Å². The monoisotopic (exact) mass is 178 g/mol. The van der Waals surface area contributed by atoms with Crippen LogP contribution in [0, 0.1) is 0 Å². The van der Waals surface area contributed by atoms with Crippen LogP contribution < -0.4 is 11.1 Å². The van der Waals surface area contributed by atoms with Crippen LogP contribution in [0.3, 0.4) is 0 Å². The summed E-state index contributed by atoms with van der Waals surface area (Å²) in [5.41, 5.74) is 7.88. The Labute approximate surface area is 77.9 Å². The van der Waals surface area contributed by atoms with Crippen molar-refractivity contribution >= 4 is 17.2 Å². The average molecular weight is 178 g/mol. The van der Waals surface area contributed by atoms with Crippen molar-refractivity contribution in [3.05, 3.63) is 23.8 Å². The van der Waals surface area contributed by atoms with Crippen molar-refractivity contribution in [1.29, 1.82) is 0 Å². The Kier molecular flexibility index (Phi) is 2.90. The summed E-state index contributed by atoms with van der Waals surface area (Å²) in [7, 11) is 0. The molecule has 0 atom stereocenters. The summed E-state index contributed by atoms with van der Waals surface area (Å²) in [5, 5.41) is 3.11. The summed E-state index contributed by atoms with van der Waals surface area (Å²) >= 11 is 0. The number of rotatable bonds is 3. The number of Topliss-reactive ketones (excluding diaryl/α,β-unsaturated/α-hetero) is 1. The largest absolute Gasteiger partial charge is 0.397 e. The second-order valence-electron chi connectivity index (χ2n) is 2.89. The van der Waals surface area contributed by atoms with E-state index in [1.54, 1.807) is 12.1 Å². The van der Waals surface area contributed by atoms with Gasteiger partial charge in [-0.2, -0.15) is 0 Å². The first-order valence-corrected chi connectivity index (χ1v) is 4.29. The molecule has 0 aromatic heterocycles. The Morgan fingerprint density at radius 1 is 1.54 bits per heavy atom. The molecule has 70 valence electrons. The third-order valence-corrected chi connectivity index (χ3v) is 1.83. The summed E-state index contributed by atoms with van der Waals surface area (Å²) < 4.78 is 0. The van der Waals surface area contributed by atoms with Gasteiger partial charge in [-0.3, -0.25) is 4.79 Å². The van der Waals surface area contributed by atoms with E-state index in [2.05, 4.69) is 5.32 Å². The minimum absolute atomic E-state index is 0.0368. The van der Waals surface area contributed by atoms with Crippen molar-refractivity contribution in [2.75, 3.05) is 17.6 Å². The Balaban J connectivity index is 2.98. The maximum absolute atomic E-state index is 11.0. The quantitative estimate of drug-likeness (QED) is 0.549. The molecule has 13 heavy (non-hydrogen) atoms. The lowest BCUT2D eigenvalue weighted by atomic mass is 10.1. The SMILES string of the molecule is CCNc1ccc(C(C)=O)cc1N. The van der Waals surface area contributed by atoms with E-state index >= 15 is 0 Å². The Morgan fingerprint density at radius 2 is 2.23 bits per heavy atom.